The van der Waals surface area contributed by atoms with Crippen molar-refractivity contribution in [2.24, 2.45) is 10.8 Å². The number of aliphatic hydroxyl groups is 1. The van der Waals surface area contributed by atoms with E-state index in [4.69, 9.17) is 4.98 Å². The van der Waals surface area contributed by atoms with Crippen LogP contribution in [0.1, 0.15) is 52.7 Å². The Balaban J connectivity index is 0.000000277. The molecule has 0 fully saturated rings. The minimum atomic E-state index is -0.417. The van der Waals surface area contributed by atoms with Crippen LogP contribution in [0.15, 0.2) is 115 Å². The second kappa shape index (κ2) is 13.4. The van der Waals surface area contributed by atoms with E-state index >= 15 is 0 Å². The van der Waals surface area contributed by atoms with Gasteiger partial charge in [0.1, 0.15) is 5.76 Å². The van der Waals surface area contributed by atoms with Crippen LogP contribution in [0.3, 0.4) is 0 Å². The maximum atomic E-state index is 11.5. The summed E-state index contributed by atoms with van der Waals surface area (Å²) in [5.41, 5.74) is 7.34. The smallest absolute Gasteiger partial charge is 0.164 e. The molecule has 1 aliphatic rings. The molecule has 1 N–H and O–H groups in total. The summed E-state index contributed by atoms with van der Waals surface area (Å²) in [7, 11) is 0. The van der Waals surface area contributed by atoms with Crippen molar-refractivity contribution in [3.63, 3.8) is 0 Å². The molecule has 0 saturated heterocycles. The minimum Gasteiger partial charge on any atom is -0.512 e. The van der Waals surface area contributed by atoms with Crippen LogP contribution in [0.2, 0.25) is 0 Å². The van der Waals surface area contributed by atoms with Crippen molar-refractivity contribution >= 4 is 65.9 Å². The van der Waals surface area contributed by atoms with Crippen molar-refractivity contribution in [3.8, 4) is 11.3 Å². The van der Waals surface area contributed by atoms with Gasteiger partial charge in [-0.05, 0) is 87.2 Å². The summed E-state index contributed by atoms with van der Waals surface area (Å²) >= 11 is 0. The average Bonchev–Trinajstić information content (AvgIpc) is 3.08. The third kappa shape index (κ3) is 6.57. The van der Waals surface area contributed by atoms with Crippen molar-refractivity contribution in [2.45, 2.75) is 55.4 Å². The van der Waals surface area contributed by atoms with E-state index in [9.17, 15) is 9.90 Å². The van der Waals surface area contributed by atoms with Gasteiger partial charge in [0.2, 0.25) is 0 Å². The number of hydrogen-bond acceptors (Lipinski definition) is 4. The van der Waals surface area contributed by atoms with E-state index in [0.717, 1.165) is 28.0 Å². The maximum Gasteiger partial charge on any atom is 0.164 e. The van der Waals surface area contributed by atoms with Gasteiger partial charge in [-0.1, -0.05) is 119 Å². The summed E-state index contributed by atoms with van der Waals surface area (Å²) in [6.07, 6.45) is 3.29. The topological polar surface area (TPSA) is 53.4 Å². The first-order valence-electron chi connectivity index (χ1n) is 17.2. The molecule has 7 aromatic rings. The summed E-state index contributed by atoms with van der Waals surface area (Å²) in [4.78, 5) is 18.8. The second-order valence-corrected chi connectivity index (χ2v) is 15.5. The summed E-state index contributed by atoms with van der Waals surface area (Å²) < 4.78 is 0. The van der Waals surface area contributed by atoms with E-state index in [1.807, 2.05) is 47.7 Å². The second-order valence-electron chi connectivity index (χ2n) is 15.5. The van der Waals surface area contributed by atoms with Crippen molar-refractivity contribution in [2.75, 3.05) is 4.90 Å². The van der Waals surface area contributed by atoms with Crippen molar-refractivity contribution in [3.05, 3.63) is 132 Å². The van der Waals surface area contributed by atoms with Gasteiger partial charge in [0.15, 0.2) is 5.78 Å². The fraction of sp³-hybridized carbons (Fsp3) is 0.217. The minimum absolute atomic E-state index is 0. The summed E-state index contributed by atoms with van der Waals surface area (Å²) in [6, 6.07) is 38.9. The molecule has 5 heteroatoms. The number of allylic oxidation sites excluding steroid dienone is 2. The summed E-state index contributed by atoms with van der Waals surface area (Å²) in [5.74, 6) is 0.104. The number of hydrogen-bond donors (Lipinski definition) is 1. The number of aryl methyl sites for hydroxylation is 2. The molecule has 0 spiro atoms. The number of rotatable bonds is 2. The van der Waals surface area contributed by atoms with Crippen molar-refractivity contribution in [1.82, 2.24) is 4.98 Å². The Morgan fingerprint density at radius 3 is 2.10 bits per heavy atom. The number of fused-ring (bicyclic) bond motifs is 7. The zero-order valence-electron chi connectivity index (χ0n) is 30.5. The SMILES string of the molecule is CC(C)(C)C(=O)/C=C(\O)C(C)(C)C.Cc1cc2ccc3c4ccnc5c4c(cc3c2cc1C)N(c1ccccc1)c1cc2ccccc2[c-]c1-5.[Ir]. The van der Waals surface area contributed by atoms with E-state index < -0.39 is 5.41 Å². The number of aliphatic hydroxyl groups excluding tert-OH is 1. The van der Waals surface area contributed by atoms with Crippen LogP contribution in [-0.4, -0.2) is 15.9 Å². The van der Waals surface area contributed by atoms with Gasteiger partial charge >= 0.3 is 0 Å². The Kier molecular flexibility index (Phi) is 9.44. The van der Waals surface area contributed by atoms with Crippen LogP contribution >= 0.6 is 0 Å². The molecule has 259 valence electrons. The van der Waals surface area contributed by atoms with E-state index in [1.54, 1.807) is 0 Å². The molecule has 0 amide bonds. The molecule has 4 nitrogen and oxygen atoms in total. The van der Waals surface area contributed by atoms with Gasteiger partial charge in [0.05, 0.1) is 0 Å². The fourth-order valence-corrected chi connectivity index (χ4v) is 6.58. The summed E-state index contributed by atoms with van der Waals surface area (Å²) in [6.45, 7) is 15.5. The van der Waals surface area contributed by atoms with Gasteiger partial charge in [-0.15, -0.1) is 17.5 Å². The molecule has 2 heterocycles. The quantitative estimate of drug-likeness (QED) is 0.0815. The largest absolute Gasteiger partial charge is 0.512 e. The van der Waals surface area contributed by atoms with Crippen LogP contribution in [0, 0.1) is 30.7 Å². The number of pyridine rings is 1. The van der Waals surface area contributed by atoms with E-state index in [-0.39, 0.29) is 37.1 Å². The molecular weight excluding hydrogens is 805 g/mol. The predicted molar refractivity (Wildman–Crippen MR) is 211 cm³/mol. The molecule has 0 aliphatic carbocycles. The first kappa shape index (κ1) is 36.0. The molecule has 0 saturated carbocycles. The third-order valence-electron chi connectivity index (χ3n) is 9.73. The molecule has 8 rings (SSSR count). The molecule has 0 atom stereocenters. The number of benzene rings is 6. The Morgan fingerprint density at radius 1 is 0.706 bits per heavy atom. The van der Waals surface area contributed by atoms with Gasteiger partial charge in [-0.2, -0.15) is 0 Å². The van der Waals surface area contributed by atoms with Gasteiger partial charge in [0, 0.05) is 60.3 Å². The zero-order chi connectivity index (χ0) is 35.5. The van der Waals surface area contributed by atoms with E-state index in [0.29, 0.717) is 0 Å². The number of ketones is 1. The normalized spacial score (nSPS) is 12.8. The molecular formula is C46H43IrN2O2-. The molecule has 51 heavy (non-hydrogen) atoms. The monoisotopic (exact) mass is 848 g/mol. The number of nitrogens with zero attached hydrogens (tertiary/aromatic N) is 2. The first-order valence-corrected chi connectivity index (χ1v) is 17.2. The van der Waals surface area contributed by atoms with Gasteiger partial charge in [0.25, 0.3) is 0 Å². The Hall–Kier alpha value is -4.83. The van der Waals surface area contributed by atoms with Gasteiger partial charge in [-0.3, -0.25) is 9.78 Å². The number of carbonyl (C=O) groups is 1. The Bertz CT molecular complexity index is 2500. The molecule has 1 aliphatic heterocycles. The number of aromatic nitrogens is 1. The molecule has 0 bridgehead atoms. The molecule has 1 radical (unpaired) electrons. The molecule has 0 unspecified atom stereocenters. The maximum absolute atomic E-state index is 11.5. The predicted octanol–water partition coefficient (Wildman–Crippen LogP) is 12.6. The Morgan fingerprint density at radius 2 is 1.39 bits per heavy atom. The van der Waals surface area contributed by atoms with E-state index in [1.165, 1.54) is 60.6 Å². The number of anilines is 3. The zero-order valence-corrected chi connectivity index (χ0v) is 32.9. The van der Waals surface area contributed by atoms with Crippen LogP contribution in [-0.2, 0) is 24.9 Å². The van der Waals surface area contributed by atoms with Crippen LogP contribution < -0.4 is 4.90 Å². The fourth-order valence-electron chi connectivity index (χ4n) is 6.58. The van der Waals surface area contributed by atoms with Crippen LogP contribution in [0.5, 0.6) is 0 Å². The standard InChI is InChI=1S/C35H23N2.C11H20O2.Ir/c1-21-16-25-12-13-27-28-14-15-36-35-31-18-23-8-6-7-9-24(23)19-32(31)37(26-10-4-3-5-11-26)33(34(28)35)20-30(27)29(25)17-22(21)2;1-10(2,3)8(12)7-9(13)11(4,5)6;/h3-17,19-20H,1-2H3;7,12H,1-6H3;/q-1;;/b;8-7-;. The van der Waals surface area contributed by atoms with Crippen LogP contribution in [0.25, 0.3) is 54.3 Å². The van der Waals surface area contributed by atoms with Crippen LogP contribution in [0.4, 0.5) is 17.1 Å². The number of para-hydroxylation sites is 1. The Labute approximate surface area is 314 Å². The first-order chi connectivity index (χ1) is 23.7. The van der Waals surface area contributed by atoms with E-state index in [2.05, 4.69) is 122 Å². The summed E-state index contributed by atoms with van der Waals surface area (Å²) in [5, 5.41) is 19.4. The van der Waals surface area contributed by atoms with Gasteiger partial charge < -0.3 is 10.0 Å². The average molecular weight is 848 g/mol. The third-order valence-corrected chi connectivity index (χ3v) is 9.73. The molecule has 1 aromatic heterocycles. The van der Waals surface area contributed by atoms with Crippen molar-refractivity contribution < 1.29 is 30.0 Å². The van der Waals surface area contributed by atoms with Crippen molar-refractivity contribution in [1.29, 1.82) is 0 Å². The van der Waals surface area contributed by atoms with Gasteiger partial charge in [-0.25, -0.2) is 0 Å². The molecule has 6 aromatic carbocycles. The number of carbonyl (C=O) groups excluding carboxylic acids is 1.